The summed E-state index contributed by atoms with van der Waals surface area (Å²) in [6.45, 7) is 3.50. The van der Waals surface area contributed by atoms with Gasteiger partial charge >= 0.3 is 0 Å². The van der Waals surface area contributed by atoms with Crippen molar-refractivity contribution in [3.63, 3.8) is 0 Å². The summed E-state index contributed by atoms with van der Waals surface area (Å²) < 4.78 is 42.4. The highest BCUT2D eigenvalue weighted by molar-refractivity contribution is 7.89. The van der Waals surface area contributed by atoms with Crippen molar-refractivity contribution in [3.8, 4) is 0 Å². The molecular weight excluding hydrogens is 383 g/mol. The molecule has 0 unspecified atom stereocenters. The third-order valence-electron chi connectivity index (χ3n) is 5.49. The maximum atomic E-state index is 13.3. The van der Waals surface area contributed by atoms with Crippen molar-refractivity contribution in [1.82, 2.24) is 19.0 Å². The molecule has 1 saturated heterocycles. The Morgan fingerprint density at radius 1 is 1.11 bits per heavy atom. The van der Waals surface area contributed by atoms with Crippen LogP contribution in [0.15, 0.2) is 29.3 Å². The molecule has 1 aromatic carbocycles. The lowest BCUT2D eigenvalue weighted by Crippen LogP contribution is -2.50. The van der Waals surface area contributed by atoms with Gasteiger partial charge in [-0.1, -0.05) is 0 Å². The van der Waals surface area contributed by atoms with Crippen LogP contribution in [0.4, 0.5) is 4.39 Å². The van der Waals surface area contributed by atoms with Gasteiger partial charge in [-0.15, -0.1) is 0 Å². The van der Waals surface area contributed by atoms with Crippen LogP contribution in [0.3, 0.4) is 0 Å². The van der Waals surface area contributed by atoms with E-state index in [-0.39, 0.29) is 23.9 Å². The van der Waals surface area contributed by atoms with Crippen LogP contribution in [-0.2, 0) is 23.0 Å². The highest BCUT2D eigenvalue weighted by atomic mass is 32.2. The fourth-order valence-electron chi connectivity index (χ4n) is 3.94. The molecule has 2 aromatic rings. The lowest BCUT2D eigenvalue weighted by Gasteiger charge is -2.34. The van der Waals surface area contributed by atoms with Gasteiger partial charge in [0.15, 0.2) is 0 Å². The molecule has 4 rings (SSSR count). The number of halogens is 1. The molecule has 0 spiro atoms. The van der Waals surface area contributed by atoms with Crippen LogP contribution in [0.5, 0.6) is 0 Å². The molecule has 1 fully saturated rings. The van der Waals surface area contributed by atoms with Gasteiger partial charge in [0.25, 0.3) is 5.91 Å². The second-order valence-electron chi connectivity index (χ2n) is 7.29. The van der Waals surface area contributed by atoms with Crippen molar-refractivity contribution in [2.24, 2.45) is 0 Å². The van der Waals surface area contributed by atoms with Gasteiger partial charge < -0.3 is 4.90 Å². The number of hydrogen-bond donors (Lipinski definition) is 0. The maximum absolute atomic E-state index is 13.3. The summed E-state index contributed by atoms with van der Waals surface area (Å²) in [7, 11) is -3.71. The molecular formula is C19H23FN4O3S. The molecule has 0 saturated carbocycles. The number of carbonyl (C=O) groups is 1. The normalized spacial score (nSPS) is 18.1. The van der Waals surface area contributed by atoms with Gasteiger partial charge in [0, 0.05) is 32.7 Å². The highest BCUT2D eigenvalue weighted by Crippen LogP contribution is 2.24. The number of carbonyl (C=O) groups excluding carboxylic acids is 1. The Hall–Kier alpha value is -2.26. The van der Waals surface area contributed by atoms with Gasteiger partial charge in [0.1, 0.15) is 5.82 Å². The SMILES string of the molecule is Cc1cc(F)ccc1S(=O)(=O)N1CCN(C(=O)c2cnn3c2CCCC3)CC1. The number of fused-ring (bicyclic) bond motifs is 1. The van der Waals surface area contributed by atoms with E-state index < -0.39 is 15.8 Å². The van der Waals surface area contributed by atoms with Crippen LogP contribution in [0, 0.1) is 12.7 Å². The van der Waals surface area contributed by atoms with E-state index in [9.17, 15) is 17.6 Å². The molecule has 0 N–H and O–H groups in total. The van der Waals surface area contributed by atoms with Crippen molar-refractivity contribution in [3.05, 3.63) is 47.0 Å². The summed E-state index contributed by atoms with van der Waals surface area (Å²) in [4.78, 5) is 14.7. The Bertz CT molecular complexity index is 1010. The summed E-state index contributed by atoms with van der Waals surface area (Å²) in [5, 5.41) is 4.32. The monoisotopic (exact) mass is 406 g/mol. The standard InChI is InChI=1S/C19H23FN4O3S/c1-14-12-15(20)5-6-18(14)28(26,27)23-10-8-22(9-11-23)19(25)16-13-21-24-7-3-2-4-17(16)24/h5-6,12-13H,2-4,7-11H2,1H3. The van der Waals surface area contributed by atoms with Crippen LogP contribution in [0.2, 0.25) is 0 Å². The predicted molar refractivity (Wildman–Crippen MR) is 101 cm³/mol. The molecule has 28 heavy (non-hydrogen) atoms. The average molecular weight is 406 g/mol. The van der Waals surface area contributed by atoms with Crippen LogP contribution >= 0.6 is 0 Å². The minimum Gasteiger partial charge on any atom is -0.336 e. The van der Waals surface area contributed by atoms with E-state index in [1.807, 2.05) is 4.68 Å². The predicted octanol–water partition coefficient (Wildman–Crippen LogP) is 1.81. The highest BCUT2D eigenvalue weighted by Gasteiger charge is 2.32. The van der Waals surface area contributed by atoms with Crippen molar-refractivity contribution >= 4 is 15.9 Å². The quantitative estimate of drug-likeness (QED) is 0.779. The first kappa shape index (κ1) is 19.1. The van der Waals surface area contributed by atoms with E-state index in [1.165, 1.54) is 16.4 Å². The number of aryl methyl sites for hydroxylation is 2. The number of nitrogens with zero attached hydrogens (tertiary/aromatic N) is 4. The van der Waals surface area contributed by atoms with E-state index in [0.29, 0.717) is 24.2 Å². The molecule has 0 atom stereocenters. The number of rotatable bonds is 3. The number of amides is 1. The zero-order chi connectivity index (χ0) is 19.9. The molecule has 7 nitrogen and oxygen atoms in total. The minimum atomic E-state index is -3.71. The summed E-state index contributed by atoms with van der Waals surface area (Å²) in [5.41, 5.74) is 1.99. The molecule has 150 valence electrons. The number of aromatic nitrogens is 2. The third kappa shape index (κ3) is 3.33. The summed E-state index contributed by atoms with van der Waals surface area (Å²) in [6, 6.07) is 3.68. The molecule has 9 heteroatoms. The summed E-state index contributed by atoms with van der Waals surface area (Å²) in [6.07, 6.45) is 4.60. The second kappa shape index (κ2) is 7.29. The maximum Gasteiger partial charge on any atom is 0.257 e. The second-order valence-corrected chi connectivity index (χ2v) is 9.20. The summed E-state index contributed by atoms with van der Waals surface area (Å²) >= 11 is 0. The van der Waals surface area contributed by atoms with Gasteiger partial charge in [0.05, 0.1) is 22.3 Å². The molecule has 0 bridgehead atoms. The number of piperazine rings is 1. The molecule has 1 amide bonds. The van der Waals surface area contributed by atoms with E-state index in [4.69, 9.17) is 0 Å². The van der Waals surface area contributed by atoms with Gasteiger partial charge in [-0.05, 0) is 49.9 Å². The third-order valence-corrected chi connectivity index (χ3v) is 7.55. The Kier molecular flexibility index (Phi) is 4.96. The topological polar surface area (TPSA) is 75.5 Å². The van der Waals surface area contributed by atoms with E-state index in [1.54, 1.807) is 18.0 Å². The van der Waals surface area contributed by atoms with Crippen molar-refractivity contribution in [2.45, 2.75) is 37.6 Å². The fraction of sp³-hybridized carbons (Fsp3) is 0.474. The molecule has 3 heterocycles. The van der Waals surface area contributed by atoms with Crippen LogP contribution in [0.25, 0.3) is 0 Å². The smallest absolute Gasteiger partial charge is 0.257 e. The summed E-state index contributed by atoms with van der Waals surface area (Å²) in [5.74, 6) is -0.547. The molecule has 2 aliphatic rings. The first-order chi connectivity index (χ1) is 13.4. The van der Waals surface area contributed by atoms with Gasteiger partial charge in [-0.2, -0.15) is 9.40 Å². The fourth-order valence-corrected chi connectivity index (χ4v) is 5.57. The van der Waals surface area contributed by atoms with Gasteiger partial charge in [-0.3, -0.25) is 9.48 Å². The van der Waals surface area contributed by atoms with Crippen molar-refractivity contribution < 1.29 is 17.6 Å². The van der Waals surface area contributed by atoms with Gasteiger partial charge in [0.2, 0.25) is 10.0 Å². The number of sulfonamides is 1. The first-order valence-corrected chi connectivity index (χ1v) is 10.9. The van der Waals surface area contributed by atoms with E-state index in [0.717, 1.165) is 37.6 Å². The van der Waals surface area contributed by atoms with Crippen molar-refractivity contribution in [2.75, 3.05) is 26.2 Å². The van der Waals surface area contributed by atoms with E-state index >= 15 is 0 Å². The lowest BCUT2D eigenvalue weighted by molar-refractivity contribution is 0.0696. The van der Waals surface area contributed by atoms with Crippen molar-refractivity contribution in [1.29, 1.82) is 0 Å². The minimum absolute atomic E-state index is 0.0850. The Morgan fingerprint density at radius 2 is 1.86 bits per heavy atom. The average Bonchev–Trinajstić information content (AvgIpc) is 3.11. The molecule has 0 radical (unpaired) electrons. The molecule has 0 aliphatic carbocycles. The lowest BCUT2D eigenvalue weighted by atomic mass is 10.1. The Morgan fingerprint density at radius 3 is 2.57 bits per heavy atom. The molecule has 1 aromatic heterocycles. The van der Waals surface area contributed by atoms with Crippen LogP contribution in [0.1, 0.15) is 34.5 Å². The van der Waals surface area contributed by atoms with Crippen LogP contribution in [-0.4, -0.2) is 59.5 Å². The number of hydrogen-bond acceptors (Lipinski definition) is 4. The zero-order valence-electron chi connectivity index (χ0n) is 15.8. The Balaban J connectivity index is 1.47. The van der Waals surface area contributed by atoms with E-state index in [2.05, 4.69) is 5.10 Å². The van der Waals surface area contributed by atoms with Crippen LogP contribution < -0.4 is 0 Å². The Labute approximate surface area is 163 Å². The zero-order valence-corrected chi connectivity index (χ0v) is 16.6. The van der Waals surface area contributed by atoms with Gasteiger partial charge in [-0.25, -0.2) is 12.8 Å². The first-order valence-electron chi connectivity index (χ1n) is 9.48. The molecule has 2 aliphatic heterocycles. The largest absolute Gasteiger partial charge is 0.336 e. The number of benzene rings is 1.